The van der Waals surface area contributed by atoms with Gasteiger partial charge in [-0.15, -0.1) is 0 Å². The summed E-state index contributed by atoms with van der Waals surface area (Å²) in [6.07, 6.45) is 13.5. The molecular formula is C21H32ClNO. The van der Waals surface area contributed by atoms with Crippen LogP contribution in [-0.4, -0.2) is 17.7 Å². The molecule has 0 amide bonds. The van der Waals surface area contributed by atoms with Crippen molar-refractivity contribution in [3.63, 3.8) is 0 Å². The average molecular weight is 350 g/mol. The maximum absolute atomic E-state index is 10.5. The average Bonchev–Trinajstić information content (AvgIpc) is 2.63. The van der Waals surface area contributed by atoms with Crippen molar-refractivity contribution < 1.29 is 5.11 Å². The number of halogens is 1. The number of hydrogen-bond donors (Lipinski definition) is 2. The van der Waals surface area contributed by atoms with Crippen molar-refractivity contribution in [2.75, 3.05) is 6.54 Å². The Kier molecular flexibility index (Phi) is 7.00. The molecule has 2 saturated carbocycles. The molecule has 24 heavy (non-hydrogen) atoms. The zero-order chi connectivity index (χ0) is 16.8. The summed E-state index contributed by atoms with van der Waals surface area (Å²) in [5.41, 5.74) is 2.25. The van der Waals surface area contributed by atoms with Crippen LogP contribution in [0.5, 0.6) is 0 Å². The lowest BCUT2D eigenvalue weighted by molar-refractivity contribution is 0.164. The zero-order valence-corrected chi connectivity index (χ0v) is 15.5. The van der Waals surface area contributed by atoms with Crippen LogP contribution in [0, 0.1) is 0 Å². The molecule has 0 radical (unpaired) electrons. The van der Waals surface area contributed by atoms with E-state index in [0.717, 1.165) is 23.6 Å². The number of aliphatic hydroxyl groups excluding tert-OH is 1. The minimum absolute atomic E-state index is 0.418. The lowest BCUT2D eigenvalue weighted by Crippen LogP contribution is -2.32. The second-order valence-electron chi connectivity index (χ2n) is 7.71. The maximum Gasteiger partial charge on any atom is 0.0802 e. The summed E-state index contributed by atoms with van der Waals surface area (Å²) >= 11 is 6.54. The van der Waals surface area contributed by atoms with Crippen molar-refractivity contribution in [3.8, 4) is 0 Å². The molecule has 0 aromatic heterocycles. The van der Waals surface area contributed by atoms with Crippen LogP contribution < -0.4 is 5.32 Å². The van der Waals surface area contributed by atoms with Gasteiger partial charge in [0.1, 0.15) is 0 Å². The molecule has 0 spiro atoms. The first-order valence-corrected chi connectivity index (χ1v) is 10.3. The van der Waals surface area contributed by atoms with E-state index in [9.17, 15) is 5.11 Å². The van der Waals surface area contributed by atoms with Crippen molar-refractivity contribution in [2.45, 2.75) is 88.7 Å². The minimum atomic E-state index is -0.418. The Labute approximate surface area is 152 Å². The molecule has 2 aliphatic carbocycles. The summed E-state index contributed by atoms with van der Waals surface area (Å²) in [7, 11) is 0. The molecule has 0 heterocycles. The predicted molar refractivity (Wildman–Crippen MR) is 102 cm³/mol. The predicted octanol–water partition coefficient (Wildman–Crippen LogP) is 5.73. The van der Waals surface area contributed by atoms with Crippen molar-refractivity contribution in [3.05, 3.63) is 34.3 Å². The van der Waals surface area contributed by atoms with Crippen LogP contribution in [0.15, 0.2) is 18.2 Å². The van der Waals surface area contributed by atoms with Gasteiger partial charge in [0.25, 0.3) is 0 Å². The first kappa shape index (κ1) is 18.2. The summed E-state index contributed by atoms with van der Waals surface area (Å²) in [4.78, 5) is 0. The smallest absolute Gasteiger partial charge is 0.0802 e. The van der Waals surface area contributed by atoms with Crippen molar-refractivity contribution in [1.82, 2.24) is 5.32 Å². The van der Waals surface area contributed by atoms with Gasteiger partial charge in [0.15, 0.2) is 0 Å². The van der Waals surface area contributed by atoms with Crippen molar-refractivity contribution in [1.29, 1.82) is 0 Å². The van der Waals surface area contributed by atoms with E-state index in [1.54, 1.807) is 0 Å². The quantitative estimate of drug-likeness (QED) is 0.687. The molecule has 0 bridgehead atoms. The molecule has 2 aliphatic rings. The lowest BCUT2D eigenvalue weighted by Gasteiger charge is -2.24. The standard InChI is InChI=1S/C21H32ClNO/c22-20-15-17(11-12-19(20)16-7-3-1-4-8-16)21(24)13-14-23-18-9-5-2-6-10-18/h11-12,15-16,18,21,23-24H,1-10,13-14H2. The number of rotatable bonds is 6. The Hall–Kier alpha value is -0.570. The summed E-state index contributed by atoms with van der Waals surface area (Å²) in [5.74, 6) is 0.616. The van der Waals surface area contributed by atoms with E-state index in [0.29, 0.717) is 12.0 Å². The van der Waals surface area contributed by atoms with Gasteiger partial charge in [-0.05, 0) is 61.8 Å². The molecule has 134 valence electrons. The largest absolute Gasteiger partial charge is 0.388 e. The Morgan fingerprint density at radius 2 is 1.67 bits per heavy atom. The maximum atomic E-state index is 10.5. The van der Waals surface area contributed by atoms with E-state index in [-0.39, 0.29) is 0 Å². The van der Waals surface area contributed by atoms with E-state index in [4.69, 9.17) is 11.6 Å². The molecule has 3 heteroatoms. The highest BCUT2D eigenvalue weighted by atomic mass is 35.5. The highest BCUT2D eigenvalue weighted by Gasteiger charge is 2.19. The molecule has 0 aliphatic heterocycles. The van der Waals surface area contributed by atoms with Gasteiger partial charge in [-0.3, -0.25) is 0 Å². The van der Waals surface area contributed by atoms with Gasteiger partial charge in [-0.1, -0.05) is 62.3 Å². The first-order chi connectivity index (χ1) is 11.7. The summed E-state index contributed by atoms with van der Waals surface area (Å²) in [6.45, 7) is 0.883. The fourth-order valence-corrected chi connectivity index (χ4v) is 4.74. The molecule has 2 fully saturated rings. The minimum Gasteiger partial charge on any atom is -0.388 e. The normalized spacial score (nSPS) is 21.8. The number of nitrogens with one attached hydrogen (secondary N) is 1. The fraction of sp³-hybridized carbons (Fsp3) is 0.714. The third-order valence-electron chi connectivity index (χ3n) is 5.91. The van der Waals surface area contributed by atoms with Crippen LogP contribution in [0.1, 0.15) is 93.8 Å². The second kappa shape index (κ2) is 9.22. The van der Waals surface area contributed by atoms with E-state index >= 15 is 0 Å². The summed E-state index contributed by atoms with van der Waals surface area (Å²) < 4.78 is 0. The van der Waals surface area contributed by atoms with Crippen LogP contribution in [0.2, 0.25) is 5.02 Å². The van der Waals surface area contributed by atoms with Crippen LogP contribution in [0.25, 0.3) is 0 Å². The van der Waals surface area contributed by atoms with Gasteiger partial charge in [0.2, 0.25) is 0 Å². The van der Waals surface area contributed by atoms with Gasteiger partial charge in [-0.25, -0.2) is 0 Å². The molecule has 1 aromatic carbocycles. The molecule has 2 nitrogen and oxygen atoms in total. The van der Waals surface area contributed by atoms with E-state index in [1.165, 1.54) is 69.8 Å². The topological polar surface area (TPSA) is 32.3 Å². The molecular weight excluding hydrogens is 318 g/mol. The second-order valence-corrected chi connectivity index (χ2v) is 8.12. The first-order valence-electron chi connectivity index (χ1n) is 9.95. The van der Waals surface area contributed by atoms with Crippen molar-refractivity contribution in [2.24, 2.45) is 0 Å². The van der Waals surface area contributed by atoms with Gasteiger partial charge >= 0.3 is 0 Å². The zero-order valence-electron chi connectivity index (χ0n) is 14.8. The highest BCUT2D eigenvalue weighted by Crippen LogP contribution is 2.37. The van der Waals surface area contributed by atoms with Crippen LogP contribution in [0.3, 0.4) is 0 Å². The Balaban J connectivity index is 1.50. The molecule has 2 N–H and O–H groups in total. The van der Waals surface area contributed by atoms with Crippen molar-refractivity contribution >= 4 is 11.6 Å². The van der Waals surface area contributed by atoms with Gasteiger partial charge in [0, 0.05) is 11.1 Å². The molecule has 3 rings (SSSR count). The molecule has 1 aromatic rings. The van der Waals surface area contributed by atoms with E-state index < -0.39 is 6.10 Å². The SMILES string of the molecule is OC(CCNC1CCCCC1)c1ccc(C2CCCCC2)c(Cl)c1. The summed E-state index contributed by atoms with van der Waals surface area (Å²) in [6, 6.07) is 6.90. The van der Waals surface area contributed by atoms with Crippen LogP contribution in [0.4, 0.5) is 0 Å². The lowest BCUT2D eigenvalue weighted by atomic mass is 9.83. The number of aliphatic hydroxyl groups is 1. The van der Waals surface area contributed by atoms with Gasteiger partial charge < -0.3 is 10.4 Å². The van der Waals surface area contributed by atoms with Gasteiger partial charge in [-0.2, -0.15) is 0 Å². The van der Waals surface area contributed by atoms with Crippen LogP contribution >= 0.6 is 11.6 Å². The van der Waals surface area contributed by atoms with Gasteiger partial charge in [0.05, 0.1) is 6.10 Å². The number of hydrogen-bond acceptors (Lipinski definition) is 2. The fourth-order valence-electron chi connectivity index (χ4n) is 4.39. The molecule has 1 unspecified atom stereocenters. The van der Waals surface area contributed by atoms with E-state index in [1.807, 2.05) is 6.07 Å². The number of benzene rings is 1. The monoisotopic (exact) mass is 349 g/mol. The summed E-state index contributed by atoms with van der Waals surface area (Å²) in [5, 5.41) is 14.9. The Morgan fingerprint density at radius 3 is 2.33 bits per heavy atom. The van der Waals surface area contributed by atoms with Crippen LogP contribution in [-0.2, 0) is 0 Å². The van der Waals surface area contributed by atoms with E-state index in [2.05, 4.69) is 17.4 Å². The Bertz CT molecular complexity index is 507. The Morgan fingerprint density at radius 1 is 1.00 bits per heavy atom. The third-order valence-corrected chi connectivity index (χ3v) is 6.24. The highest BCUT2D eigenvalue weighted by molar-refractivity contribution is 6.31. The molecule has 1 atom stereocenters. The molecule has 0 saturated heterocycles. The third kappa shape index (κ3) is 4.97.